The zero-order chi connectivity index (χ0) is 14.5. The summed E-state index contributed by atoms with van der Waals surface area (Å²) < 4.78 is 0. The van der Waals surface area contributed by atoms with Crippen molar-refractivity contribution in [1.29, 1.82) is 5.26 Å². The Morgan fingerprint density at radius 2 is 2.20 bits per heavy atom. The van der Waals surface area contributed by atoms with Crippen LogP contribution in [-0.2, 0) is 11.3 Å². The van der Waals surface area contributed by atoms with Gasteiger partial charge in [0, 0.05) is 16.8 Å². The van der Waals surface area contributed by atoms with Gasteiger partial charge in [-0.3, -0.25) is 4.79 Å². The predicted molar refractivity (Wildman–Crippen MR) is 82.1 cm³/mol. The molecule has 2 rings (SSSR count). The molecule has 20 heavy (non-hydrogen) atoms. The molecule has 0 aliphatic heterocycles. The van der Waals surface area contributed by atoms with E-state index in [1.54, 1.807) is 18.2 Å². The lowest BCUT2D eigenvalue weighted by atomic mass is 10.2. The zero-order valence-electron chi connectivity index (χ0n) is 10.7. The molecule has 1 amide bonds. The van der Waals surface area contributed by atoms with Gasteiger partial charge in [-0.05, 0) is 29.6 Å². The second kappa shape index (κ2) is 6.42. The molecule has 102 valence electrons. The lowest BCUT2D eigenvalue weighted by Gasteiger charge is -2.09. The average Bonchev–Trinajstić information content (AvgIpc) is 2.83. The average molecular weight is 306 g/mol. The molecule has 2 aromatic rings. The molecule has 0 radical (unpaired) electrons. The van der Waals surface area contributed by atoms with Crippen LogP contribution in [0.25, 0.3) is 0 Å². The van der Waals surface area contributed by atoms with Crippen LogP contribution in [0.2, 0.25) is 5.02 Å². The number of nitrogens with zero attached hydrogens (tertiary/aromatic N) is 1. The number of nitrogens with one attached hydrogen (secondary N) is 2. The summed E-state index contributed by atoms with van der Waals surface area (Å²) in [7, 11) is 0. The van der Waals surface area contributed by atoms with Crippen molar-refractivity contribution in [3.8, 4) is 6.07 Å². The molecule has 2 N–H and O–H groups in total. The molecule has 0 fully saturated rings. The van der Waals surface area contributed by atoms with Crippen LogP contribution in [0.4, 0.5) is 11.4 Å². The topological polar surface area (TPSA) is 64.9 Å². The number of anilines is 2. The van der Waals surface area contributed by atoms with Crippen molar-refractivity contribution in [2.45, 2.75) is 13.5 Å². The van der Waals surface area contributed by atoms with Gasteiger partial charge in [-0.25, -0.2) is 0 Å². The van der Waals surface area contributed by atoms with Crippen LogP contribution >= 0.6 is 22.9 Å². The smallest absolute Gasteiger partial charge is 0.221 e. The standard InChI is InChI=1S/C14H12ClN3OS/c1-9(19)18-12-4-5-20-14(12)8-17-13-6-11(15)3-2-10(13)7-16/h2-6,17H,8H2,1H3,(H,18,19). The Kier molecular flexibility index (Phi) is 4.61. The van der Waals surface area contributed by atoms with Crippen LogP contribution < -0.4 is 10.6 Å². The Bertz CT molecular complexity index is 675. The van der Waals surface area contributed by atoms with Crippen LogP contribution in [0.3, 0.4) is 0 Å². The molecule has 0 atom stereocenters. The van der Waals surface area contributed by atoms with Crippen LogP contribution in [0.5, 0.6) is 0 Å². The first-order valence-electron chi connectivity index (χ1n) is 5.87. The number of thiophene rings is 1. The van der Waals surface area contributed by atoms with Gasteiger partial charge in [0.2, 0.25) is 5.91 Å². The molecule has 4 nitrogen and oxygen atoms in total. The van der Waals surface area contributed by atoms with Gasteiger partial charge in [0.05, 0.1) is 23.5 Å². The molecule has 0 bridgehead atoms. The molecule has 0 saturated carbocycles. The summed E-state index contributed by atoms with van der Waals surface area (Å²) in [6.45, 7) is 1.99. The first-order chi connectivity index (χ1) is 9.60. The van der Waals surface area contributed by atoms with Gasteiger partial charge in [-0.1, -0.05) is 11.6 Å². The van der Waals surface area contributed by atoms with E-state index in [4.69, 9.17) is 16.9 Å². The summed E-state index contributed by atoms with van der Waals surface area (Å²) in [5.74, 6) is -0.106. The number of carbonyl (C=O) groups is 1. The molecule has 0 aliphatic carbocycles. The fraction of sp³-hybridized carbons (Fsp3) is 0.143. The third kappa shape index (κ3) is 3.50. The quantitative estimate of drug-likeness (QED) is 0.902. The highest BCUT2D eigenvalue weighted by atomic mass is 35.5. The van der Waals surface area contributed by atoms with E-state index < -0.39 is 0 Å². The third-order valence-corrected chi connectivity index (χ3v) is 3.75. The number of benzene rings is 1. The number of halogens is 1. The van der Waals surface area contributed by atoms with E-state index in [1.807, 2.05) is 11.4 Å². The molecule has 0 spiro atoms. The molecule has 0 aliphatic rings. The van der Waals surface area contributed by atoms with Crippen molar-refractivity contribution < 1.29 is 4.79 Å². The molecule has 1 aromatic heterocycles. The minimum atomic E-state index is -0.106. The van der Waals surface area contributed by atoms with E-state index in [0.717, 1.165) is 10.6 Å². The van der Waals surface area contributed by atoms with Crippen molar-refractivity contribution in [2.75, 3.05) is 10.6 Å². The molecular formula is C14H12ClN3OS. The summed E-state index contributed by atoms with van der Waals surface area (Å²) in [6, 6.07) is 9.03. The lowest BCUT2D eigenvalue weighted by Crippen LogP contribution is -2.08. The Labute approximate surface area is 126 Å². The maximum atomic E-state index is 11.1. The summed E-state index contributed by atoms with van der Waals surface area (Å²) >= 11 is 7.47. The number of rotatable bonds is 4. The normalized spacial score (nSPS) is 9.85. The number of nitriles is 1. The Morgan fingerprint density at radius 3 is 2.90 bits per heavy atom. The molecule has 0 unspecified atom stereocenters. The zero-order valence-corrected chi connectivity index (χ0v) is 12.3. The number of hydrogen-bond donors (Lipinski definition) is 2. The SMILES string of the molecule is CC(=O)Nc1ccsc1CNc1cc(Cl)ccc1C#N. The van der Waals surface area contributed by atoms with E-state index in [-0.39, 0.29) is 5.91 Å². The van der Waals surface area contributed by atoms with Crippen LogP contribution in [0, 0.1) is 11.3 Å². The van der Waals surface area contributed by atoms with Crippen LogP contribution in [-0.4, -0.2) is 5.91 Å². The Morgan fingerprint density at radius 1 is 1.40 bits per heavy atom. The van der Waals surface area contributed by atoms with Gasteiger partial charge < -0.3 is 10.6 Å². The van der Waals surface area contributed by atoms with E-state index in [9.17, 15) is 4.79 Å². The number of amides is 1. The fourth-order valence-electron chi connectivity index (χ4n) is 1.71. The van der Waals surface area contributed by atoms with Gasteiger partial charge in [-0.2, -0.15) is 5.26 Å². The Balaban J connectivity index is 2.13. The summed E-state index contributed by atoms with van der Waals surface area (Å²) in [5.41, 5.74) is 2.00. The largest absolute Gasteiger partial charge is 0.379 e. The molecule has 6 heteroatoms. The maximum Gasteiger partial charge on any atom is 0.221 e. The molecular weight excluding hydrogens is 294 g/mol. The predicted octanol–water partition coefficient (Wildman–Crippen LogP) is 3.84. The van der Waals surface area contributed by atoms with Crippen LogP contribution in [0.1, 0.15) is 17.4 Å². The van der Waals surface area contributed by atoms with Gasteiger partial charge in [0.1, 0.15) is 6.07 Å². The lowest BCUT2D eigenvalue weighted by molar-refractivity contribution is -0.114. The highest BCUT2D eigenvalue weighted by Crippen LogP contribution is 2.25. The van der Waals surface area contributed by atoms with Gasteiger partial charge in [0.25, 0.3) is 0 Å². The summed E-state index contributed by atoms with van der Waals surface area (Å²) in [4.78, 5) is 12.1. The van der Waals surface area contributed by atoms with Crippen molar-refractivity contribution in [3.63, 3.8) is 0 Å². The van der Waals surface area contributed by atoms with Crippen LogP contribution in [0.15, 0.2) is 29.6 Å². The Hall–Kier alpha value is -2.03. The first-order valence-corrected chi connectivity index (χ1v) is 7.13. The van der Waals surface area contributed by atoms with E-state index >= 15 is 0 Å². The minimum absolute atomic E-state index is 0.106. The first kappa shape index (κ1) is 14.4. The van der Waals surface area contributed by atoms with Crippen molar-refractivity contribution in [2.24, 2.45) is 0 Å². The number of hydrogen-bond acceptors (Lipinski definition) is 4. The van der Waals surface area contributed by atoms with E-state index in [1.165, 1.54) is 18.3 Å². The van der Waals surface area contributed by atoms with Crippen molar-refractivity contribution in [3.05, 3.63) is 45.1 Å². The molecule has 0 saturated heterocycles. The van der Waals surface area contributed by atoms with E-state index in [0.29, 0.717) is 22.8 Å². The molecule has 1 heterocycles. The second-order valence-corrected chi connectivity index (χ2v) is 5.53. The second-order valence-electron chi connectivity index (χ2n) is 4.09. The fourth-order valence-corrected chi connectivity index (χ4v) is 2.66. The summed E-state index contributed by atoms with van der Waals surface area (Å²) in [6.07, 6.45) is 0. The van der Waals surface area contributed by atoms with Crippen molar-refractivity contribution in [1.82, 2.24) is 0 Å². The summed E-state index contributed by atoms with van der Waals surface area (Å²) in [5, 5.41) is 17.5. The minimum Gasteiger partial charge on any atom is -0.379 e. The van der Waals surface area contributed by atoms with Gasteiger partial charge in [0.15, 0.2) is 0 Å². The third-order valence-electron chi connectivity index (χ3n) is 2.60. The van der Waals surface area contributed by atoms with Gasteiger partial charge >= 0.3 is 0 Å². The van der Waals surface area contributed by atoms with Gasteiger partial charge in [-0.15, -0.1) is 11.3 Å². The molecule has 1 aromatic carbocycles. The van der Waals surface area contributed by atoms with Crippen molar-refractivity contribution >= 4 is 40.2 Å². The number of carbonyl (C=O) groups excluding carboxylic acids is 1. The monoisotopic (exact) mass is 305 g/mol. The van der Waals surface area contributed by atoms with E-state index in [2.05, 4.69) is 16.7 Å². The highest BCUT2D eigenvalue weighted by molar-refractivity contribution is 7.10. The maximum absolute atomic E-state index is 11.1. The highest BCUT2D eigenvalue weighted by Gasteiger charge is 2.07.